The largest absolute Gasteiger partial charge is 0.320 e. The Morgan fingerprint density at radius 3 is 2.62 bits per heavy atom. The van der Waals surface area contributed by atoms with Gasteiger partial charge in [0.2, 0.25) is 5.91 Å². The lowest BCUT2D eigenvalue weighted by molar-refractivity contribution is -0.117. The Balaban J connectivity index is 0.00000288. The van der Waals surface area contributed by atoms with Crippen molar-refractivity contribution in [3.63, 3.8) is 0 Å². The first-order valence-electron chi connectivity index (χ1n) is 7.40. The summed E-state index contributed by atoms with van der Waals surface area (Å²) < 4.78 is 1.57. The van der Waals surface area contributed by atoms with Gasteiger partial charge in [0.1, 0.15) is 5.69 Å². The zero-order chi connectivity index (χ0) is 16.7. The Hall–Kier alpha value is -1.76. The highest BCUT2D eigenvalue weighted by Gasteiger charge is 2.15. The van der Waals surface area contributed by atoms with Crippen LogP contribution in [-0.2, 0) is 11.3 Å². The van der Waals surface area contributed by atoms with E-state index in [-0.39, 0.29) is 29.6 Å². The van der Waals surface area contributed by atoms with Gasteiger partial charge in [-0.25, -0.2) is 0 Å². The van der Waals surface area contributed by atoms with Gasteiger partial charge in [0.15, 0.2) is 0 Å². The molecule has 0 aliphatic carbocycles. The van der Waals surface area contributed by atoms with E-state index in [0.717, 1.165) is 11.3 Å². The number of carbonyl (C=O) groups excluding carboxylic acids is 1. The molecule has 0 saturated carbocycles. The number of nitrogens with two attached hydrogens (primary N) is 1. The van der Waals surface area contributed by atoms with Gasteiger partial charge in [0.25, 0.3) is 5.56 Å². The number of nitrogens with zero attached hydrogens (tertiary/aromatic N) is 1. The molecule has 1 amide bonds. The number of thioether (sulfide) groups is 1. The predicted octanol–water partition coefficient (Wildman–Crippen LogP) is 2.34. The lowest BCUT2D eigenvalue weighted by Gasteiger charge is -2.13. The first kappa shape index (κ1) is 20.3. The monoisotopic (exact) mass is 367 g/mol. The van der Waals surface area contributed by atoms with Crippen LogP contribution in [0.25, 0.3) is 0 Å². The van der Waals surface area contributed by atoms with Gasteiger partial charge in [0, 0.05) is 6.20 Å². The minimum Gasteiger partial charge on any atom is -0.320 e. The van der Waals surface area contributed by atoms with Crippen LogP contribution in [0.2, 0.25) is 0 Å². The molecule has 5 nitrogen and oxygen atoms in total. The zero-order valence-corrected chi connectivity index (χ0v) is 15.1. The molecular weight excluding hydrogens is 346 g/mol. The maximum Gasteiger partial charge on any atom is 0.274 e. The fourth-order valence-electron chi connectivity index (χ4n) is 2.14. The summed E-state index contributed by atoms with van der Waals surface area (Å²) in [4.78, 5) is 24.5. The van der Waals surface area contributed by atoms with Gasteiger partial charge in [-0.1, -0.05) is 30.3 Å². The molecule has 0 unspecified atom stereocenters. The second kappa shape index (κ2) is 10.2. The summed E-state index contributed by atoms with van der Waals surface area (Å²) in [6, 6.07) is 12.4. The molecule has 0 aliphatic rings. The minimum absolute atomic E-state index is 0. The van der Waals surface area contributed by atoms with Gasteiger partial charge in [-0.3, -0.25) is 9.59 Å². The molecule has 0 fully saturated rings. The number of benzene rings is 1. The highest BCUT2D eigenvalue weighted by Crippen LogP contribution is 2.05. The van der Waals surface area contributed by atoms with Gasteiger partial charge in [0.05, 0.1) is 12.6 Å². The smallest absolute Gasteiger partial charge is 0.274 e. The maximum atomic E-state index is 12.4. The van der Waals surface area contributed by atoms with Crippen molar-refractivity contribution in [3.8, 4) is 0 Å². The molecule has 1 aromatic heterocycles. The van der Waals surface area contributed by atoms with Crippen molar-refractivity contribution in [3.05, 3.63) is 64.6 Å². The Labute approximate surface area is 152 Å². The van der Waals surface area contributed by atoms with Crippen molar-refractivity contribution < 1.29 is 4.79 Å². The Morgan fingerprint density at radius 2 is 1.96 bits per heavy atom. The van der Waals surface area contributed by atoms with Crippen LogP contribution in [-0.4, -0.2) is 28.5 Å². The number of nitrogens with one attached hydrogen (secondary N) is 1. The minimum atomic E-state index is -0.607. The standard InChI is InChI=1S/C17H21N3O2S.ClH/c1-23-11-9-14(18)16(21)19-15-8-5-10-20(17(15)22)12-13-6-3-2-4-7-13;/h2-8,10,14H,9,11-12,18H2,1H3,(H,19,21);1H/t14-;/m0./s1. The number of anilines is 1. The molecule has 0 bridgehead atoms. The lowest BCUT2D eigenvalue weighted by atomic mass is 10.2. The first-order chi connectivity index (χ1) is 11.1. The topological polar surface area (TPSA) is 77.1 Å². The third-order valence-electron chi connectivity index (χ3n) is 3.44. The van der Waals surface area contributed by atoms with E-state index in [1.807, 2.05) is 36.6 Å². The number of halogens is 1. The van der Waals surface area contributed by atoms with Crippen LogP contribution >= 0.6 is 24.2 Å². The van der Waals surface area contributed by atoms with E-state index < -0.39 is 6.04 Å². The molecule has 1 heterocycles. The number of pyridine rings is 1. The van der Waals surface area contributed by atoms with Crippen molar-refractivity contribution in [1.82, 2.24) is 4.57 Å². The first-order valence-corrected chi connectivity index (χ1v) is 8.80. The molecule has 24 heavy (non-hydrogen) atoms. The Kier molecular flexibility index (Phi) is 8.60. The van der Waals surface area contributed by atoms with Crippen LogP contribution in [0.5, 0.6) is 0 Å². The van der Waals surface area contributed by atoms with E-state index in [2.05, 4.69) is 5.32 Å². The summed E-state index contributed by atoms with van der Waals surface area (Å²) in [6.45, 7) is 0.460. The highest BCUT2D eigenvalue weighted by atomic mass is 35.5. The maximum absolute atomic E-state index is 12.4. The number of rotatable bonds is 7. The van der Waals surface area contributed by atoms with E-state index in [0.29, 0.717) is 13.0 Å². The van der Waals surface area contributed by atoms with Gasteiger partial charge in [-0.15, -0.1) is 12.4 Å². The molecule has 0 aliphatic heterocycles. The quantitative estimate of drug-likeness (QED) is 0.787. The number of hydrogen-bond acceptors (Lipinski definition) is 4. The normalized spacial score (nSPS) is 11.4. The number of aromatic nitrogens is 1. The van der Waals surface area contributed by atoms with Gasteiger partial charge < -0.3 is 15.6 Å². The van der Waals surface area contributed by atoms with Crippen molar-refractivity contribution in [2.24, 2.45) is 5.73 Å². The number of amides is 1. The molecule has 1 atom stereocenters. The molecule has 0 spiro atoms. The third-order valence-corrected chi connectivity index (χ3v) is 4.09. The van der Waals surface area contributed by atoms with E-state index in [1.165, 1.54) is 0 Å². The SMILES string of the molecule is CSCC[C@H](N)C(=O)Nc1cccn(Cc2ccccc2)c1=O.Cl. The van der Waals surface area contributed by atoms with Gasteiger partial charge in [-0.2, -0.15) is 11.8 Å². The average Bonchev–Trinajstić information content (AvgIpc) is 2.57. The average molecular weight is 368 g/mol. The van der Waals surface area contributed by atoms with Crippen molar-refractivity contribution in [1.29, 1.82) is 0 Å². The van der Waals surface area contributed by atoms with E-state index in [1.54, 1.807) is 34.7 Å². The van der Waals surface area contributed by atoms with Crippen LogP contribution in [0.3, 0.4) is 0 Å². The lowest BCUT2D eigenvalue weighted by Crippen LogP contribution is -2.38. The van der Waals surface area contributed by atoms with Crippen LogP contribution in [0.4, 0.5) is 5.69 Å². The summed E-state index contributed by atoms with van der Waals surface area (Å²) in [6.07, 6.45) is 4.25. The Bertz CT molecular complexity index is 706. The number of hydrogen-bond donors (Lipinski definition) is 2. The summed E-state index contributed by atoms with van der Waals surface area (Å²) in [5.74, 6) is 0.482. The van der Waals surface area contributed by atoms with Crippen LogP contribution < -0.4 is 16.6 Å². The van der Waals surface area contributed by atoms with Crippen molar-refractivity contribution in [2.75, 3.05) is 17.3 Å². The molecule has 3 N–H and O–H groups in total. The van der Waals surface area contributed by atoms with Crippen LogP contribution in [0.15, 0.2) is 53.5 Å². The highest BCUT2D eigenvalue weighted by molar-refractivity contribution is 7.98. The molecule has 7 heteroatoms. The fourth-order valence-corrected chi connectivity index (χ4v) is 2.63. The molecule has 2 aromatic rings. The zero-order valence-electron chi connectivity index (χ0n) is 13.5. The Morgan fingerprint density at radius 1 is 1.25 bits per heavy atom. The molecule has 2 rings (SSSR count). The predicted molar refractivity (Wildman–Crippen MR) is 103 cm³/mol. The fraction of sp³-hybridized carbons (Fsp3) is 0.294. The number of carbonyl (C=O) groups is 1. The van der Waals surface area contributed by atoms with Gasteiger partial charge in [-0.05, 0) is 36.1 Å². The summed E-state index contributed by atoms with van der Waals surface area (Å²) in [5.41, 5.74) is 6.87. The van der Waals surface area contributed by atoms with Crippen molar-refractivity contribution in [2.45, 2.75) is 19.0 Å². The molecule has 0 saturated heterocycles. The molecule has 0 radical (unpaired) electrons. The molecule has 130 valence electrons. The van der Waals surface area contributed by atoms with Crippen LogP contribution in [0, 0.1) is 0 Å². The third kappa shape index (κ3) is 5.70. The van der Waals surface area contributed by atoms with Gasteiger partial charge >= 0.3 is 0 Å². The molecular formula is C17H22ClN3O2S. The second-order valence-electron chi connectivity index (χ2n) is 5.22. The van der Waals surface area contributed by atoms with E-state index >= 15 is 0 Å². The van der Waals surface area contributed by atoms with E-state index in [4.69, 9.17) is 5.73 Å². The van der Waals surface area contributed by atoms with Crippen LogP contribution in [0.1, 0.15) is 12.0 Å². The van der Waals surface area contributed by atoms with Crippen molar-refractivity contribution >= 4 is 35.8 Å². The summed E-state index contributed by atoms with van der Waals surface area (Å²) >= 11 is 1.63. The second-order valence-corrected chi connectivity index (χ2v) is 6.20. The summed E-state index contributed by atoms with van der Waals surface area (Å²) in [5, 5.41) is 2.64. The van der Waals surface area contributed by atoms with E-state index in [9.17, 15) is 9.59 Å². The molecule has 1 aromatic carbocycles. The summed E-state index contributed by atoms with van der Waals surface area (Å²) in [7, 11) is 0.